The second-order valence-corrected chi connectivity index (χ2v) is 8.86. The summed E-state index contributed by atoms with van der Waals surface area (Å²) < 4.78 is 7.36. The molecule has 0 saturated carbocycles. The molecule has 6 nitrogen and oxygen atoms in total. The predicted octanol–water partition coefficient (Wildman–Crippen LogP) is 4.91. The van der Waals surface area contributed by atoms with E-state index < -0.39 is 0 Å². The molecule has 3 aromatic rings. The van der Waals surface area contributed by atoms with Crippen LogP contribution in [-0.4, -0.2) is 29.4 Å². The Kier molecular flexibility index (Phi) is 6.10. The van der Waals surface area contributed by atoms with E-state index in [4.69, 9.17) is 14.8 Å². The van der Waals surface area contributed by atoms with Crippen LogP contribution in [0.5, 0.6) is 5.75 Å². The minimum atomic E-state index is -0.159. The number of nitrogens with zero attached hydrogens (tertiary/aromatic N) is 3. The van der Waals surface area contributed by atoms with Crippen LogP contribution in [0.25, 0.3) is 11.3 Å². The normalized spacial score (nSPS) is 14.1. The van der Waals surface area contributed by atoms with Crippen LogP contribution in [0, 0.1) is 13.8 Å². The molecule has 7 heteroatoms. The fourth-order valence-electron chi connectivity index (χ4n) is 3.32. The Hall–Kier alpha value is -3.45. The number of carbonyl (C=O) groups is 1. The number of fused-ring (bicyclic) bond motifs is 1. The summed E-state index contributed by atoms with van der Waals surface area (Å²) in [5.41, 5.74) is 7.88. The smallest absolute Gasteiger partial charge is 0.262 e. The topological polar surface area (TPSA) is 68.0 Å². The number of carbonyl (C=O) groups excluding carboxylic acids is 1. The highest BCUT2D eigenvalue weighted by atomic mass is 32.1. The van der Waals surface area contributed by atoms with Crippen molar-refractivity contribution in [3.63, 3.8) is 0 Å². The van der Waals surface area contributed by atoms with E-state index >= 15 is 0 Å². The standard InChI is InChI=1S/C25H26N4O2S/c1-15(2)12-26-25-29(28-18(5)19-7-6-16(3)17(4)10-19)22(14-32-25)20-8-9-23-21(11-20)27-24(30)13-31-23/h6-11,14H,1,12-13H2,2-5H3,(H,27,30). The fraction of sp³-hybridized carbons (Fsp3) is 0.240. The molecule has 0 atom stereocenters. The molecule has 0 bridgehead atoms. The number of aryl methyl sites for hydroxylation is 2. The lowest BCUT2D eigenvalue weighted by atomic mass is 10.0. The third-order valence-corrected chi connectivity index (χ3v) is 6.11. The highest BCUT2D eigenvalue weighted by Gasteiger charge is 2.18. The van der Waals surface area contributed by atoms with E-state index in [-0.39, 0.29) is 12.5 Å². The molecule has 0 fully saturated rings. The van der Waals surface area contributed by atoms with E-state index in [9.17, 15) is 4.79 Å². The molecule has 0 aliphatic carbocycles. The quantitative estimate of drug-likeness (QED) is 0.447. The Balaban J connectivity index is 1.83. The molecule has 1 aliphatic rings. The largest absolute Gasteiger partial charge is 0.482 e. The Morgan fingerprint density at radius 3 is 2.75 bits per heavy atom. The number of aromatic nitrogens is 1. The first-order chi connectivity index (χ1) is 15.3. The third kappa shape index (κ3) is 4.57. The summed E-state index contributed by atoms with van der Waals surface area (Å²) >= 11 is 1.52. The predicted molar refractivity (Wildman–Crippen MR) is 131 cm³/mol. The van der Waals surface area contributed by atoms with E-state index in [1.54, 1.807) is 0 Å². The maximum absolute atomic E-state index is 11.8. The zero-order chi connectivity index (χ0) is 22.8. The minimum absolute atomic E-state index is 0.0359. The van der Waals surface area contributed by atoms with Crippen LogP contribution in [0.4, 0.5) is 5.69 Å². The van der Waals surface area contributed by atoms with Crippen molar-refractivity contribution in [1.82, 2.24) is 4.68 Å². The molecular formula is C25H26N4O2S. The van der Waals surface area contributed by atoms with Gasteiger partial charge in [0.1, 0.15) is 5.75 Å². The fourth-order valence-corrected chi connectivity index (χ4v) is 4.15. The molecule has 1 aliphatic heterocycles. The second kappa shape index (κ2) is 8.96. The van der Waals surface area contributed by atoms with Gasteiger partial charge in [-0.25, -0.2) is 4.68 Å². The molecule has 2 heterocycles. The van der Waals surface area contributed by atoms with Crippen LogP contribution in [0.2, 0.25) is 0 Å². The lowest BCUT2D eigenvalue weighted by molar-refractivity contribution is -0.118. The number of nitrogens with one attached hydrogen (secondary N) is 1. The number of thiazole rings is 1. The number of rotatable bonds is 5. The van der Waals surface area contributed by atoms with Gasteiger partial charge in [-0.3, -0.25) is 9.79 Å². The summed E-state index contributed by atoms with van der Waals surface area (Å²) in [6, 6.07) is 12.1. The number of hydrogen-bond acceptors (Lipinski definition) is 5. The van der Waals surface area contributed by atoms with Gasteiger partial charge >= 0.3 is 0 Å². The molecule has 0 radical (unpaired) electrons. The zero-order valence-electron chi connectivity index (χ0n) is 18.7. The highest BCUT2D eigenvalue weighted by Crippen LogP contribution is 2.33. The molecule has 32 heavy (non-hydrogen) atoms. The number of ether oxygens (including phenoxy) is 1. The van der Waals surface area contributed by atoms with E-state index in [1.807, 2.05) is 42.1 Å². The first-order valence-electron chi connectivity index (χ1n) is 10.4. The summed E-state index contributed by atoms with van der Waals surface area (Å²) in [5, 5.41) is 9.85. The number of amides is 1. The Labute approximate surface area is 191 Å². The summed E-state index contributed by atoms with van der Waals surface area (Å²) in [6.45, 7) is 12.7. The van der Waals surface area contributed by atoms with Gasteiger partial charge in [-0.1, -0.05) is 24.3 Å². The van der Waals surface area contributed by atoms with Gasteiger partial charge in [0, 0.05) is 10.9 Å². The average Bonchev–Trinajstić information content (AvgIpc) is 3.15. The van der Waals surface area contributed by atoms with Crippen LogP contribution in [0.3, 0.4) is 0 Å². The maximum atomic E-state index is 11.8. The highest BCUT2D eigenvalue weighted by molar-refractivity contribution is 7.07. The monoisotopic (exact) mass is 446 g/mol. The van der Waals surface area contributed by atoms with E-state index in [2.05, 4.69) is 43.9 Å². The summed E-state index contributed by atoms with van der Waals surface area (Å²) in [7, 11) is 0. The van der Waals surface area contributed by atoms with Crippen molar-refractivity contribution < 1.29 is 9.53 Å². The number of benzene rings is 2. The molecule has 2 aromatic carbocycles. The van der Waals surface area contributed by atoms with Crippen molar-refractivity contribution in [1.29, 1.82) is 0 Å². The SMILES string of the molecule is C=C(C)CN=c1scc(-c2ccc3c(c2)NC(=O)CO3)n1N=C(C)c1ccc(C)c(C)c1. The van der Waals surface area contributed by atoms with Gasteiger partial charge in [0.25, 0.3) is 5.91 Å². The average molecular weight is 447 g/mol. The van der Waals surface area contributed by atoms with Crippen LogP contribution >= 0.6 is 11.3 Å². The van der Waals surface area contributed by atoms with Gasteiger partial charge in [0.2, 0.25) is 4.80 Å². The Bertz CT molecular complexity index is 1310. The molecule has 1 amide bonds. The van der Waals surface area contributed by atoms with Crippen molar-refractivity contribution in [2.75, 3.05) is 18.5 Å². The number of hydrogen-bond donors (Lipinski definition) is 1. The van der Waals surface area contributed by atoms with Gasteiger partial charge in [-0.2, -0.15) is 5.10 Å². The molecule has 0 unspecified atom stereocenters. The van der Waals surface area contributed by atoms with E-state index in [1.165, 1.54) is 22.5 Å². The lowest BCUT2D eigenvalue weighted by Gasteiger charge is -2.18. The van der Waals surface area contributed by atoms with Crippen molar-refractivity contribution >= 4 is 28.6 Å². The summed E-state index contributed by atoms with van der Waals surface area (Å²) in [5.74, 6) is 0.505. The van der Waals surface area contributed by atoms with Crippen LogP contribution in [0.1, 0.15) is 30.5 Å². The molecule has 1 aromatic heterocycles. The molecule has 1 N–H and O–H groups in total. The van der Waals surface area contributed by atoms with Gasteiger partial charge < -0.3 is 10.1 Å². The molecular weight excluding hydrogens is 420 g/mol. The minimum Gasteiger partial charge on any atom is -0.482 e. The molecule has 4 rings (SSSR count). The summed E-state index contributed by atoms with van der Waals surface area (Å²) in [6.07, 6.45) is 0. The second-order valence-electron chi connectivity index (χ2n) is 8.02. The van der Waals surface area contributed by atoms with Crippen LogP contribution < -0.4 is 14.9 Å². The van der Waals surface area contributed by atoms with Crippen molar-refractivity contribution in [2.45, 2.75) is 27.7 Å². The first kappa shape index (κ1) is 21.8. The van der Waals surface area contributed by atoms with Crippen molar-refractivity contribution in [2.24, 2.45) is 10.1 Å². The first-order valence-corrected chi connectivity index (χ1v) is 11.3. The molecule has 164 valence electrons. The third-order valence-electron chi connectivity index (χ3n) is 5.25. The van der Waals surface area contributed by atoms with Gasteiger partial charge in [-0.05, 0) is 68.7 Å². The Morgan fingerprint density at radius 2 is 2.00 bits per heavy atom. The molecule has 0 spiro atoms. The lowest BCUT2D eigenvalue weighted by Crippen LogP contribution is -2.25. The van der Waals surface area contributed by atoms with Crippen LogP contribution in [-0.2, 0) is 4.79 Å². The maximum Gasteiger partial charge on any atom is 0.262 e. The molecule has 0 saturated heterocycles. The van der Waals surface area contributed by atoms with Crippen LogP contribution in [0.15, 0.2) is 64.0 Å². The zero-order valence-corrected chi connectivity index (χ0v) is 19.5. The van der Waals surface area contributed by atoms with Crippen molar-refractivity contribution in [3.8, 4) is 17.0 Å². The Morgan fingerprint density at radius 1 is 1.19 bits per heavy atom. The van der Waals surface area contributed by atoms with Gasteiger partial charge in [0.15, 0.2) is 6.61 Å². The van der Waals surface area contributed by atoms with Gasteiger partial charge in [0.05, 0.1) is 23.6 Å². The summed E-state index contributed by atoms with van der Waals surface area (Å²) in [4.78, 5) is 17.3. The van der Waals surface area contributed by atoms with Gasteiger partial charge in [-0.15, -0.1) is 11.3 Å². The van der Waals surface area contributed by atoms with E-state index in [0.29, 0.717) is 18.0 Å². The van der Waals surface area contributed by atoms with E-state index in [0.717, 1.165) is 32.9 Å². The van der Waals surface area contributed by atoms with Crippen molar-refractivity contribution in [3.05, 3.63) is 75.4 Å². The number of anilines is 1.